The predicted molar refractivity (Wildman–Crippen MR) is 107 cm³/mol. The van der Waals surface area contributed by atoms with Gasteiger partial charge in [-0.25, -0.2) is 8.42 Å². The Bertz CT molecular complexity index is 869. The Hall–Kier alpha value is -2.54. The van der Waals surface area contributed by atoms with E-state index in [1.165, 1.54) is 4.31 Å². The van der Waals surface area contributed by atoms with Gasteiger partial charge in [-0.2, -0.15) is 0 Å². The summed E-state index contributed by atoms with van der Waals surface area (Å²) < 4.78 is 31.4. The second-order valence-corrected chi connectivity index (χ2v) is 8.15. The summed E-state index contributed by atoms with van der Waals surface area (Å²) in [7, 11) is -2.07. The van der Waals surface area contributed by atoms with Gasteiger partial charge in [0, 0.05) is 5.56 Å². The molecule has 0 aromatic heterocycles. The van der Waals surface area contributed by atoms with E-state index >= 15 is 0 Å². The molecule has 0 saturated carbocycles. The molecule has 6 nitrogen and oxygen atoms in total. The van der Waals surface area contributed by atoms with E-state index in [1.54, 1.807) is 44.4 Å². The van der Waals surface area contributed by atoms with Crippen molar-refractivity contribution < 1.29 is 17.9 Å². The van der Waals surface area contributed by atoms with Crippen LogP contribution < -0.4 is 14.4 Å². The van der Waals surface area contributed by atoms with E-state index in [2.05, 4.69) is 5.32 Å². The van der Waals surface area contributed by atoms with Crippen molar-refractivity contribution in [3.63, 3.8) is 0 Å². The minimum Gasteiger partial charge on any atom is -0.496 e. The van der Waals surface area contributed by atoms with E-state index in [0.717, 1.165) is 11.8 Å². The summed E-state index contributed by atoms with van der Waals surface area (Å²) in [5, 5.41) is 2.92. The number of carbonyl (C=O) groups excluding carboxylic acids is 1. The van der Waals surface area contributed by atoms with Crippen LogP contribution in [0.25, 0.3) is 0 Å². The number of carbonyl (C=O) groups is 1. The average molecular weight is 391 g/mol. The monoisotopic (exact) mass is 390 g/mol. The van der Waals surface area contributed by atoms with Crippen LogP contribution in [-0.2, 0) is 14.8 Å². The van der Waals surface area contributed by atoms with Crippen molar-refractivity contribution in [2.24, 2.45) is 0 Å². The minimum absolute atomic E-state index is 0.333. The van der Waals surface area contributed by atoms with E-state index < -0.39 is 16.1 Å². The van der Waals surface area contributed by atoms with Gasteiger partial charge >= 0.3 is 0 Å². The molecule has 27 heavy (non-hydrogen) atoms. The predicted octanol–water partition coefficient (Wildman–Crippen LogP) is 3.12. The van der Waals surface area contributed by atoms with Crippen molar-refractivity contribution >= 4 is 21.6 Å². The van der Waals surface area contributed by atoms with E-state index in [0.29, 0.717) is 17.9 Å². The fraction of sp³-hybridized carbons (Fsp3) is 0.350. The lowest BCUT2D eigenvalue weighted by atomic mass is 10.1. The smallest absolute Gasteiger partial charge is 0.244 e. The maximum absolute atomic E-state index is 13.0. The topological polar surface area (TPSA) is 75.7 Å². The van der Waals surface area contributed by atoms with Gasteiger partial charge in [-0.15, -0.1) is 0 Å². The first-order chi connectivity index (χ1) is 12.8. The lowest BCUT2D eigenvalue weighted by Gasteiger charge is -2.31. The summed E-state index contributed by atoms with van der Waals surface area (Å²) >= 11 is 0. The molecule has 0 aliphatic rings. The third-order valence-corrected chi connectivity index (χ3v) is 5.48. The van der Waals surface area contributed by atoms with E-state index in [-0.39, 0.29) is 11.9 Å². The molecule has 2 aromatic rings. The largest absolute Gasteiger partial charge is 0.496 e. The molecule has 0 bridgehead atoms. The normalized spacial score (nSPS) is 13.5. The number of sulfonamides is 1. The molecule has 0 spiro atoms. The van der Waals surface area contributed by atoms with E-state index in [4.69, 9.17) is 4.74 Å². The van der Waals surface area contributed by atoms with Gasteiger partial charge < -0.3 is 10.1 Å². The Morgan fingerprint density at radius 3 is 2.26 bits per heavy atom. The van der Waals surface area contributed by atoms with E-state index in [9.17, 15) is 13.2 Å². The molecule has 0 fully saturated rings. The standard InChI is InChI=1S/C20H26N2O4S/c1-5-18(22(27(4,24)25)16-11-7-6-8-12-16)20(23)21-15(2)17-13-9-10-14-19(17)26-3/h6-15,18H,5H2,1-4H3,(H,21,23). The Balaban J connectivity index is 2.30. The molecule has 1 N–H and O–H groups in total. The lowest BCUT2D eigenvalue weighted by Crippen LogP contribution is -2.49. The molecule has 2 aromatic carbocycles. The molecule has 0 radical (unpaired) electrons. The van der Waals surface area contributed by atoms with Crippen LogP contribution in [0.15, 0.2) is 54.6 Å². The number of anilines is 1. The van der Waals surface area contributed by atoms with Crippen LogP contribution in [0.2, 0.25) is 0 Å². The number of para-hydroxylation sites is 2. The van der Waals surface area contributed by atoms with Crippen LogP contribution >= 0.6 is 0 Å². The number of amides is 1. The van der Waals surface area contributed by atoms with Crippen LogP contribution in [0.4, 0.5) is 5.69 Å². The van der Waals surface area contributed by atoms with Crippen LogP contribution in [0.1, 0.15) is 31.9 Å². The second-order valence-electron chi connectivity index (χ2n) is 6.29. The highest BCUT2D eigenvalue weighted by molar-refractivity contribution is 7.92. The number of hydrogen-bond donors (Lipinski definition) is 1. The first-order valence-corrected chi connectivity index (χ1v) is 10.6. The molecule has 0 heterocycles. The zero-order chi connectivity index (χ0) is 20.0. The Labute approximate surface area is 161 Å². The van der Waals surface area contributed by atoms with Gasteiger partial charge in [0.2, 0.25) is 15.9 Å². The Morgan fingerprint density at radius 1 is 1.11 bits per heavy atom. The number of hydrogen-bond acceptors (Lipinski definition) is 4. The summed E-state index contributed by atoms with van der Waals surface area (Å²) in [6.07, 6.45) is 1.45. The summed E-state index contributed by atoms with van der Waals surface area (Å²) in [5.74, 6) is 0.312. The van der Waals surface area contributed by atoms with Crippen molar-refractivity contribution in [3.05, 3.63) is 60.2 Å². The zero-order valence-corrected chi connectivity index (χ0v) is 16.9. The molecule has 1 amide bonds. The lowest BCUT2D eigenvalue weighted by molar-refractivity contribution is -0.122. The average Bonchev–Trinajstić information content (AvgIpc) is 2.65. The molecule has 2 unspecified atom stereocenters. The number of nitrogens with zero attached hydrogens (tertiary/aromatic N) is 1. The highest BCUT2D eigenvalue weighted by Gasteiger charge is 2.32. The maximum Gasteiger partial charge on any atom is 0.244 e. The third kappa shape index (κ3) is 5.01. The van der Waals surface area contributed by atoms with Gasteiger partial charge in [0.1, 0.15) is 11.8 Å². The molecule has 2 atom stereocenters. The van der Waals surface area contributed by atoms with Crippen molar-refractivity contribution in [3.8, 4) is 5.75 Å². The van der Waals surface area contributed by atoms with Crippen LogP contribution in [0, 0.1) is 0 Å². The number of methoxy groups -OCH3 is 1. The van der Waals surface area contributed by atoms with Gasteiger partial charge in [-0.3, -0.25) is 9.10 Å². The molecule has 0 aliphatic carbocycles. The third-order valence-electron chi connectivity index (χ3n) is 4.30. The molecule has 0 saturated heterocycles. The highest BCUT2D eigenvalue weighted by atomic mass is 32.2. The van der Waals surface area contributed by atoms with Crippen LogP contribution in [-0.4, -0.2) is 33.7 Å². The minimum atomic E-state index is -3.64. The van der Waals surface area contributed by atoms with Crippen molar-refractivity contribution in [2.45, 2.75) is 32.4 Å². The summed E-state index contributed by atoms with van der Waals surface area (Å²) in [6, 6.07) is 14.9. The molecule has 146 valence electrons. The van der Waals surface area contributed by atoms with Gasteiger partial charge in [-0.1, -0.05) is 43.3 Å². The molecule has 7 heteroatoms. The van der Waals surface area contributed by atoms with Crippen LogP contribution in [0.3, 0.4) is 0 Å². The Morgan fingerprint density at radius 2 is 1.70 bits per heavy atom. The van der Waals surface area contributed by atoms with Gasteiger partial charge in [0.15, 0.2) is 0 Å². The summed E-state index contributed by atoms with van der Waals surface area (Å²) in [4.78, 5) is 13.0. The highest BCUT2D eigenvalue weighted by Crippen LogP contribution is 2.26. The van der Waals surface area contributed by atoms with Gasteiger partial charge in [0.05, 0.1) is 25.1 Å². The van der Waals surface area contributed by atoms with Crippen molar-refractivity contribution in [1.82, 2.24) is 5.32 Å². The number of rotatable bonds is 8. The van der Waals surface area contributed by atoms with Crippen molar-refractivity contribution in [2.75, 3.05) is 17.7 Å². The summed E-state index contributed by atoms with van der Waals surface area (Å²) in [5.41, 5.74) is 1.29. The maximum atomic E-state index is 13.0. The zero-order valence-electron chi connectivity index (χ0n) is 16.0. The first kappa shape index (κ1) is 20.8. The fourth-order valence-corrected chi connectivity index (χ4v) is 4.26. The van der Waals surface area contributed by atoms with E-state index in [1.807, 2.05) is 31.2 Å². The number of benzene rings is 2. The van der Waals surface area contributed by atoms with Gasteiger partial charge in [0.25, 0.3) is 0 Å². The second kappa shape index (κ2) is 8.90. The van der Waals surface area contributed by atoms with Crippen molar-refractivity contribution in [1.29, 1.82) is 0 Å². The quantitative estimate of drug-likeness (QED) is 0.751. The van der Waals surface area contributed by atoms with Gasteiger partial charge in [-0.05, 0) is 31.5 Å². The molecular weight excluding hydrogens is 364 g/mol. The number of ether oxygens (including phenoxy) is 1. The SMILES string of the molecule is CCC(C(=O)NC(C)c1ccccc1OC)N(c1ccccc1)S(C)(=O)=O. The fourth-order valence-electron chi connectivity index (χ4n) is 3.05. The summed E-state index contributed by atoms with van der Waals surface area (Å²) in [6.45, 7) is 3.63. The Kier molecular flexibility index (Phi) is 6.85. The molecule has 0 aliphatic heterocycles. The number of nitrogens with one attached hydrogen (secondary N) is 1. The first-order valence-electron chi connectivity index (χ1n) is 8.77. The molecule has 2 rings (SSSR count). The molecular formula is C20H26N2O4S. The van der Waals surface area contributed by atoms with Crippen LogP contribution in [0.5, 0.6) is 5.75 Å².